The van der Waals surface area contributed by atoms with E-state index in [1.807, 2.05) is 11.8 Å². The van der Waals surface area contributed by atoms with Crippen molar-refractivity contribution in [1.82, 2.24) is 14.8 Å². The molecule has 1 aromatic rings. The quantitative estimate of drug-likeness (QED) is 0.625. The smallest absolute Gasteiger partial charge is 0.195 e. The highest BCUT2D eigenvalue weighted by atomic mass is 32.2. The number of nitrogens with zero attached hydrogens (tertiary/aromatic N) is 2. The molecule has 0 radical (unpaired) electrons. The summed E-state index contributed by atoms with van der Waals surface area (Å²) >= 11 is 7.30. The minimum absolute atomic E-state index is 0.473. The Morgan fingerprint density at radius 1 is 1.62 bits per heavy atom. The van der Waals surface area contributed by atoms with Crippen LogP contribution < -0.4 is 0 Å². The van der Waals surface area contributed by atoms with E-state index in [0.717, 1.165) is 4.77 Å². The molecule has 0 aliphatic heterocycles. The van der Waals surface area contributed by atoms with Crippen molar-refractivity contribution >= 4 is 24.0 Å². The van der Waals surface area contributed by atoms with Crippen molar-refractivity contribution in [3.63, 3.8) is 0 Å². The van der Waals surface area contributed by atoms with Gasteiger partial charge in [-0.1, -0.05) is 6.92 Å². The van der Waals surface area contributed by atoms with Crippen LogP contribution in [0, 0.1) is 4.77 Å². The number of aromatic nitrogens is 3. The number of aromatic amines is 1. The van der Waals surface area contributed by atoms with E-state index in [1.165, 1.54) is 36.6 Å². The monoisotopic (exact) mass is 257 g/mol. The zero-order chi connectivity index (χ0) is 11.5. The van der Waals surface area contributed by atoms with Gasteiger partial charge >= 0.3 is 0 Å². The molecule has 2 rings (SSSR count). The highest BCUT2D eigenvalue weighted by Gasteiger charge is 2.30. The molecule has 5 heteroatoms. The van der Waals surface area contributed by atoms with Crippen LogP contribution in [0.4, 0.5) is 0 Å². The summed E-state index contributed by atoms with van der Waals surface area (Å²) in [6.45, 7) is 4.45. The number of hydrogen-bond acceptors (Lipinski definition) is 3. The van der Waals surface area contributed by atoms with Crippen molar-refractivity contribution in [3.05, 3.63) is 10.6 Å². The first-order chi connectivity index (χ1) is 7.74. The Morgan fingerprint density at radius 3 is 3.00 bits per heavy atom. The summed E-state index contributed by atoms with van der Waals surface area (Å²) in [7, 11) is 0. The average molecular weight is 257 g/mol. The molecule has 0 saturated heterocycles. The summed E-state index contributed by atoms with van der Waals surface area (Å²) in [6.07, 6.45) is 3.72. The van der Waals surface area contributed by atoms with Crippen LogP contribution in [0.2, 0.25) is 0 Å². The summed E-state index contributed by atoms with van der Waals surface area (Å²) in [6, 6.07) is 0.473. The number of nitrogens with one attached hydrogen (secondary N) is 1. The van der Waals surface area contributed by atoms with E-state index < -0.39 is 0 Å². The van der Waals surface area contributed by atoms with Crippen molar-refractivity contribution in [3.8, 4) is 0 Å². The van der Waals surface area contributed by atoms with Gasteiger partial charge in [0.25, 0.3) is 0 Å². The lowest BCUT2D eigenvalue weighted by Crippen LogP contribution is -2.10. The van der Waals surface area contributed by atoms with Crippen LogP contribution in [0.5, 0.6) is 0 Å². The maximum Gasteiger partial charge on any atom is 0.195 e. The van der Waals surface area contributed by atoms with E-state index in [9.17, 15) is 0 Å². The summed E-state index contributed by atoms with van der Waals surface area (Å²) in [5.41, 5.74) is 0. The Hall–Kier alpha value is -0.290. The number of thioether (sulfide) groups is 1. The summed E-state index contributed by atoms with van der Waals surface area (Å²) in [5.74, 6) is 4.24. The van der Waals surface area contributed by atoms with E-state index in [1.54, 1.807) is 0 Å². The Morgan fingerprint density at radius 2 is 2.38 bits per heavy atom. The van der Waals surface area contributed by atoms with E-state index in [0.29, 0.717) is 12.0 Å². The zero-order valence-electron chi connectivity index (χ0n) is 9.90. The Kier molecular flexibility index (Phi) is 4.08. The maximum absolute atomic E-state index is 5.31. The molecule has 0 amide bonds. The maximum atomic E-state index is 5.31. The molecule has 1 unspecified atom stereocenters. The Bertz CT molecular complexity index is 392. The third-order valence-electron chi connectivity index (χ3n) is 3.00. The van der Waals surface area contributed by atoms with Crippen LogP contribution in [-0.2, 0) is 0 Å². The Labute approximate surface area is 106 Å². The molecule has 1 aromatic heterocycles. The molecule has 1 atom stereocenters. The molecule has 0 spiro atoms. The fraction of sp³-hybridized carbons (Fsp3) is 0.818. The SMILES string of the molecule is CCSCCC(C)n1c(C2CC2)n[nH]c1=S. The van der Waals surface area contributed by atoms with Gasteiger partial charge < -0.3 is 4.57 Å². The fourth-order valence-electron chi connectivity index (χ4n) is 1.90. The minimum atomic E-state index is 0.473. The molecule has 1 heterocycles. The van der Waals surface area contributed by atoms with Crippen molar-refractivity contribution in [1.29, 1.82) is 0 Å². The summed E-state index contributed by atoms with van der Waals surface area (Å²) in [4.78, 5) is 0. The molecule has 1 aliphatic rings. The van der Waals surface area contributed by atoms with Gasteiger partial charge in [-0.3, -0.25) is 5.10 Å². The molecule has 1 saturated carbocycles. The van der Waals surface area contributed by atoms with Crippen LogP contribution in [0.15, 0.2) is 0 Å². The van der Waals surface area contributed by atoms with E-state index >= 15 is 0 Å². The van der Waals surface area contributed by atoms with Crippen LogP contribution in [-0.4, -0.2) is 26.3 Å². The van der Waals surface area contributed by atoms with Crippen LogP contribution in [0.25, 0.3) is 0 Å². The van der Waals surface area contributed by atoms with Crippen molar-refractivity contribution < 1.29 is 0 Å². The normalized spacial score (nSPS) is 17.6. The Balaban J connectivity index is 2.06. The molecular formula is C11H19N3S2. The first-order valence-corrected chi connectivity index (χ1v) is 7.54. The highest BCUT2D eigenvalue weighted by molar-refractivity contribution is 7.99. The summed E-state index contributed by atoms with van der Waals surface area (Å²) in [5, 5.41) is 7.30. The predicted molar refractivity (Wildman–Crippen MR) is 71.7 cm³/mol. The van der Waals surface area contributed by atoms with Gasteiger partial charge in [-0.15, -0.1) is 0 Å². The standard InChI is InChI=1S/C11H19N3S2/c1-3-16-7-6-8(2)14-10(9-4-5-9)12-13-11(14)15/h8-9H,3-7H2,1-2H3,(H,13,15). The van der Waals surface area contributed by atoms with Crippen molar-refractivity contribution in [2.24, 2.45) is 0 Å². The van der Waals surface area contributed by atoms with Crippen molar-refractivity contribution in [2.75, 3.05) is 11.5 Å². The predicted octanol–water partition coefficient (Wildman–Crippen LogP) is 3.52. The van der Waals surface area contributed by atoms with Crippen molar-refractivity contribution in [2.45, 2.75) is 45.1 Å². The van der Waals surface area contributed by atoms with Gasteiger partial charge in [0.15, 0.2) is 4.77 Å². The topological polar surface area (TPSA) is 33.6 Å². The van der Waals surface area contributed by atoms with E-state index in [4.69, 9.17) is 12.2 Å². The third kappa shape index (κ3) is 2.69. The zero-order valence-corrected chi connectivity index (χ0v) is 11.5. The fourth-order valence-corrected chi connectivity index (χ4v) is 3.02. The van der Waals surface area contributed by atoms with Gasteiger partial charge in [0.1, 0.15) is 5.82 Å². The molecular weight excluding hydrogens is 238 g/mol. The lowest BCUT2D eigenvalue weighted by atomic mass is 10.2. The molecule has 0 aromatic carbocycles. The first kappa shape index (κ1) is 12.2. The lowest BCUT2D eigenvalue weighted by Gasteiger charge is -2.14. The van der Waals surface area contributed by atoms with Gasteiger partial charge in [-0.25, -0.2) is 0 Å². The van der Waals surface area contributed by atoms with Crippen LogP contribution in [0.3, 0.4) is 0 Å². The largest absolute Gasteiger partial charge is 0.301 e. The molecule has 90 valence electrons. The molecule has 1 aliphatic carbocycles. The number of H-pyrrole nitrogens is 1. The second-order valence-electron chi connectivity index (χ2n) is 4.37. The van der Waals surface area contributed by atoms with Gasteiger partial charge in [0.2, 0.25) is 0 Å². The van der Waals surface area contributed by atoms with Crippen LogP contribution >= 0.6 is 24.0 Å². The van der Waals surface area contributed by atoms with E-state index in [2.05, 4.69) is 28.6 Å². The highest BCUT2D eigenvalue weighted by Crippen LogP contribution is 2.40. The second kappa shape index (κ2) is 5.36. The molecule has 1 N–H and O–H groups in total. The van der Waals surface area contributed by atoms with Gasteiger partial charge in [0, 0.05) is 12.0 Å². The van der Waals surface area contributed by atoms with E-state index in [-0.39, 0.29) is 0 Å². The van der Waals surface area contributed by atoms with Gasteiger partial charge in [-0.05, 0) is 49.9 Å². The molecule has 1 fully saturated rings. The number of hydrogen-bond donors (Lipinski definition) is 1. The minimum Gasteiger partial charge on any atom is -0.301 e. The first-order valence-electron chi connectivity index (χ1n) is 5.98. The molecule has 0 bridgehead atoms. The second-order valence-corrected chi connectivity index (χ2v) is 6.15. The van der Waals surface area contributed by atoms with Gasteiger partial charge in [0.05, 0.1) is 0 Å². The molecule has 16 heavy (non-hydrogen) atoms. The third-order valence-corrected chi connectivity index (χ3v) is 4.22. The van der Waals surface area contributed by atoms with Gasteiger partial charge in [-0.2, -0.15) is 16.9 Å². The number of rotatable bonds is 6. The average Bonchev–Trinajstić information content (AvgIpc) is 3.02. The summed E-state index contributed by atoms with van der Waals surface area (Å²) < 4.78 is 3.01. The molecule has 3 nitrogen and oxygen atoms in total. The van der Waals surface area contributed by atoms with Crippen LogP contribution in [0.1, 0.15) is 50.9 Å². The lowest BCUT2D eigenvalue weighted by molar-refractivity contribution is 0.507.